The molecule has 0 radical (unpaired) electrons. The lowest BCUT2D eigenvalue weighted by Crippen LogP contribution is -2.58. The molecule has 25 heavy (non-hydrogen) atoms. The van der Waals surface area contributed by atoms with Gasteiger partial charge in [-0.05, 0) is 13.8 Å². The highest BCUT2D eigenvalue weighted by Gasteiger charge is 2.43. The third-order valence-corrected chi connectivity index (χ3v) is 3.81. The molecular formula is C14H25N3O8. The van der Waals surface area contributed by atoms with Gasteiger partial charge in [0.25, 0.3) is 0 Å². The second-order valence-electron chi connectivity index (χ2n) is 6.05. The Labute approximate surface area is 144 Å². The predicted octanol–water partition coefficient (Wildman–Crippen LogP) is -3.72. The van der Waals surface area contributed by atoms with Crippen molar-refractivity contribution in [2.24, 2.45) is 5.73 Å². The van der Waals surface area contributed by atoms with E-state index in [1.54, 1.807) is 0 Å². The molecule has 0 aromatic rings. The number of rotatable bonds is 7. The maximum atomic E-state index is 11.9. The van der Waals surface area contributed by atoms with Gasteiger partial charge < -0.3 is 41.5 Å². The molecule has 144 valence electrons. The summed E-state index contributed by atoms with van der Waals surface area (Å²) in [5.74, 6) is -2.48. The highest BCUT2D eigenvalue weighted by Crippen LogP contribution is 2.22. The largest absolute Gasteiger partial charge is 0.479 e. The van der Waals surface area contributed by atoms with E-state index in [4.69, 9.17) is 15.6 Å². The van der Waals surface area contributed by atoms with Crippen LogP contribution in [-0.2, 0) is 19.1 Å². The first kappa shape index (κ1) is 21.3. The molecule has 0 spiro atoms. The van der Waals surface area contributed by atoms with Crippen molar-refractivity contribution in [3.05, 3.63) is 0 Å². The topological polar surface area (TPSA) is 191 Å². The van der Waals surface area contributed by atoms with Crippen LogP contribution in [0, 0.1) is 0 Å². The first-order valence-electron chi connectivity index (χ1n) is 7.80. The van der Waals surface area contributed by atoms with Gasteiger partial charge in [0, 0.05) is 13.0 Å². The number of aliphatic hydroxyl groups is 3. The van der Waals surface area contributed by atoms with E-state index in [0.717, 1.165) is 0 Å². The van der Waals surface area contributed by atoms with Gasteiger partial charge in [0.2, 0.25) is 11.8 Å². The molecule has 1 heterocycles. The molecule has 0 aromatic carbocycles. The number of hydrogen-bond acceptors (Lipinski definition) is 8. The minimum Gasteiger partial charge on any atom is -0.479 e. The Morgan fingerprint density at radius 1 is 1.24 bits per heavy atom. The number of amides is 2. The summed E-state index contributed by atoms with van der Waals surface area (Å²) in [5, 5.41) is 43.2. The fourth-order valence-corrected chi connectivity index (χ4v) is 2.27. The van der Waals surface area contributed by atoms with E-state index in [1.165, 1.54) is 13.8 Å². The van der Waals surface area contributed by atoms with E-state index in [1.807, 2.05) is 0 Å². The Hall–Kier alpha value is -1.79. The number of aliphatic hydroxyl groups excluding tert-OH is 3. The summed E-state index contributed by atoms with van der Waals surface area (Å²) < 4.78 is 5.08. The van der Waals surface area contributed by atoms with Crippen LogP contribution in [0.3, 0.4) is 0 Å². The van der Waals surface area contributed by atoms with Gasteiger partial charge in [0.1, 0.15) is 24.4 Å². The van der Waals surface area contributed by atoms with Crippen molar-refractivity contribution in [2.75, 3.05) is 6.54 Å². The maximum Gasteiger partial charge on any atom is 0.332 e. The number of carbonyl (C=O) groups is 3. The zero-order chi connectivity index (χ0) is 19.3. The van der Waals surface area contributed by atoms with E-state index in [2.05, 4.69) is 10.6 Å². The average molecular weight is 363 g/mol. The summed E-state index contributed by atoms with van der Waals surface area (Å²) in [6.45, 7) is 2.49. The molecule has 7 atom stereocenters. The number of carboxylic acids is 1. The molecule has 1 saturated heterocycles. The Bertz CT molecular complexity index is 500. The zero-order valence-electron chi connectivity index (χ0n) is 14.0. The highest BCUT2D eigenvalue weighted by molar-refractivity contribution is 5.89. The van der Waals surface area contributed by atoms with Crippen molar-refractivity contribution in [3.8, 4) is 0 Å². The first-order valence-corrected chi connectivity index (χ1v) is 7.80. The standard InChI is InChI=1S/C14H25N3O8/c1-5(15)12(21)17-6(2)13(22)16-4-8(19)11-10(20)7(18)3-9(25-11)14(23)24/h5-11,18-20H,3-4,15H2,1-2H3,(H,16,22)(H,17,21)(H,23,24)/t5-,6-,7+,8-,9-,10+,11+/m0/s1. The van der Waals surface area contributed by atoms with Gasteiger partial charge in [0.15, 0.2) is 6.10 Å². The lowest BCUT2D eigenvalue weighted by Gasteiger charge is -2.37. The number of hydrogen-bond donors (Lipinski definition) is 7. The number of nitrogens with two attached hydrogens (primary N) is 1. The van der Waals surface area contributed by atoms with Crippen LogP contribution in [0.1, 0.15) is 20.3 Å². The fourth-order valence-electron chi connectivity index (χ4n) is 2.27. The van der Waals surface area contributed by atoms with Crippen LogP contribution in [0.25, 0.3) is 0 Å². The normalized spacial score (nSPS) is 30.0. The van der Waals surface area contributed by atoms with Crippen LogP contribution >= 0.6 is 0 Å². The van der Waals surface area contributed by atoms with Crippen LogP contribution in [0.2, 0.25) is 0 Å². The van der Waals surface area contributed by atoms with Crippen molar-refractivity contribution in [3.63, 3.8) is 0 Å². The quantitative estimate of drug-likeness (QED) is 0.238. The summed E-state index contributed by atoms with van der Waals surface area (Å²) in [5.41, 5.74) is 5.37. The van der Waals surface area contributed by atoms with Crippen molar-refractivity contribution in [1.29, 1.82) is 0 Å². The molecule has 0 aliphatic carbocycles. The van der Waals surface area contributed by atoms with Crippen LogP contribution in [0.4, 0.5) is 0 Å². The second kappa shape index (κ2) is 9.06. The summed E-state index contributed by atoms with van der Waals surface area (Å²) in [4.78, 5) is 34.3. The van der Waals surface area contributed by atoms with Crippen LogP contribution in [-0.4, -0.2) is 87.4 Å². The van der Waals surface area contributed by atoms with E-state index in [-0.39, 0.29) is 13.0 Å². The first-order chi connectivity index (χ1) is 11.5. The van der Waals surface area contributed by atoms with Gasteiger partial charge in [-0.1, -0.05) is 0 Å². The summed E-state index contributed by atoms with van der Waals surface area (Å²) >= 11 is 0. The minimum absolute atomic E-state index is 0.313. The molecule has 0 bridgehead atoms. The van der Waals surface area contributed by atoms with E-state index < -0.39 is 60.4 Å². The number of nitrogens with one attached hydrogen (secondary N) is 2. The molecule has 11 heteroatoms. The average Bonchev–Trinajstić information content (AvgIpc) is 2.53. The molecule has 1 aliphatic heterocycles. The van der Waals surface area contributed by atoms with Gasteiger partial charge in [-0.15, -0.1) is 0 Å². The van der Waals surface area contributed by atoms with Gasteiger partial charge in [-0.3, -0.25) is 9.59 Å². The van der Waals surface area contributed by atoms with Gasteiger partial charge in [-0.25, -0.2) is 4.79 Å². The molecule has 11 nitrogen and oxygen atoms in total. The Kier molecular flexibility index (Phi) is 7.70. The van der Waals surface area contributed by atoms with Crippen LogP contribution < -0.4 is 16.4 Å². The number of carbonyl (C=O) groups excluding carboxylic acids is 2. The smallest absolute Gasteiger partial charge is 0.332 e. The second-order valence-corrected chi connectivity index (χ2v) is 6.05. The number of ether oxygens (including phenoxy) is 1. The SMILES string of the molecule is C[C@H](N)C(=O)N[C@@H](C)C(=O)NC[C@H](O)[C@H]1O[C@H](C(=O)O)C[C@@H](O)[C@H]1O. The predicted molar refractivity (Wildman–Crippen MR) is 83.2 cm³/mol. The fraction of sp³-hybridized carbons (Fsp3) is 0.786. The summed E-state index contributed by atoms with van der Waals surface area (Å²) in [6, 6.07) is -1.71. The molecule has 0 aromatic heterocycles. The van der Waals surface area contributed by atoms with E-state index in [0.29, 0.717) is 0 Å². The lowest BCUT2D eigenvalue weighted by atomic mass is 9.94. The third-order valence-electron chi connectivity index (χ3n) is 3.81. The van der Waals surface area contributed by atoms with Crippen LogP contribution in [0.15, 0.2) is 0 Å². The van der Waals surface area contributed by atoms with E-state index in [9.17, 15) is 29.7 Å². The zero-order valence-corrected chi connectivity index (χ0v) is 14.0. The molecule has 1 rings (SSSR count). The molecular weight excluding hydrogens is 338 g/mol. The van der Waals surface area contributed by atoms with Gasteiger partial charge >= 0.3 is 5.97 Å². The number of aliphatic carboxylic acids is 1. The summed E-state index contributed by atoms with van der Waals surface area (Å²) in [6.07, 6.45) is -7.43. The lowest BCUT2D eigenvalue weighted by molar-refractivity contribution is -0.208. The Balaban J connectivity index is 2.56. The minimum atomic E-state index is -1.50. The monoisotopic (exact) mass is 363 g/mol. The highest BCUT2D eigenvalue weighted by atomic mass is 16.5. The Morgan fingerprint density at radius 2 is 1.84 bits per heavy atom. The van der Waals surface area contributed by atoms with Crippen molar-refractivity contribution >= 4 is 17.8 Å². The molecule has 2 amide bonds. The molecule has 0 unspecified atom stereocenters. The van der Waals surface area contributed by atoms with Gasteiger partial charge in [-0.2, -0.15) is 0 Å². The van der Waals surface area contributed by atoms with Crippen LogP contribution in [0.5, 0.6) is 0 Å². The summed E-state index contributed by atoms with van der Waals surface area (Å²) in [7, 11) is 0. The van der Waals surface area contributed by atoms with E-state index >= 15 is 0 Å². The maximum absolute atomic E-state index is 11.9. The van der Waals surface area contributed by atoms with Crippen molar-refractivity contribution < 1.29 is 39.5 Å². The third kappa shape index (κ3) is 5.90. The van der Waals surface area contributed by atoms with Crippen molar-refractivity contribution in [1.82, 2.24) is 10.6 Å². The molecule has 1 fully saturated rings. The Morgan fingerprint density at radius 3 is 2.36 bits per heavy atom. The van der Waals surface area contributed by atoms with Gasteiger partial charge in [0.05, 0.1) is 12.1 Å². The van der Waals surface area contributed by atoms with Crippen molar-refractivity contribution in [2.45, 2.75) is 62.9 Å². The molecule has 0 saturated carbocycles. The molecule has 8 N–H and O–H groups in total. The molecule has 1 aliphatic rings. The number of carboxylic acid groups (broad SMARTS) is 1.